The number of nitrogens with zero attached hydrogens (tertiary/aromatic N) is 1. The van der Waals surface area contributed by atoms with Crippen LogP contribution in [0, 0.1) is 6.92 Å². The highest BCUT2D eigenvalue weighted by molar-refractivity contribution is 5.87. The third-order valence-corrected chi connectivity index (χ3v) is 6.04. The number of nitrogens with one attached hydrogen (secondary N) is 1. The Labute approximate surface area is 188 Å². The molecule has 0 aromatic heterocycles. The Bertz CT molecular complexity index is 858. The molecule has 2 amide bonds. The molecule has 0 bridgehead atoms. The molecule has 0 saturated carbocycles. The maximum atomic E-state index is 13.3. The van der Waals surface area contributed by atoms with Crippen molar-refractivity contribution in [3.05, 3.63) is 70.8 Å². The summed E-state index contributed by atoms with van der Waals surface area (Å²) in [6.07, 6.45) is 1.91. The van der Waals surface area contributed by atoms with E-state index in [0.29, 0.717) is 25.3 Å². The summed E-state index contributed by atoms with van der Waals surface area (Å²) in [5.41, 5.74) is 4.64. The van der Waals surface area contributed by atoms with Crippen LogP contribution in [0.15, 0.2) is 48.5 Å². The highest BCUT2D eigenvalue weighted by Crippen LogP contribution is 2.18. The number of rotatable bonds is 10. The predicted octanol–water partition coefficient (Wildman–Crippen LogP) is 5.38. The minimum absolute atomic E-state index is 0.00277. The van der Waals surface area contributed by atoms with Crippen molar-refractivity contribution in [2.75, 3.05) is 0 Å². The molecule has 4 nitrogen and oxygen atoms in total. The Morgan fingerprint density at radius 1 is 0.968 bits per heavy atom. The quantitative estimate of drug-likeness (QED) is 0.559. The van der Waals surface area contributed by atoms with Crippen molar-refractivity contribution in [1.82, 2.24) is 10.2 Å². The van der Waals surface area contributed by atoms with Crippen LogP contribution in [0.25, 0.3) is 0 Å². The minimum atomic E-state index is -0.524. The second-order valence-corrected chi connectivity index (χ2v) is 8.84. The molecule has 2 aromatic rings. The molecule has 0 aliphatic carbocycles. The van der Waals surface area contributed by atoms with Crippen LogP contribution in [0.5, 0.6) is 0 Å². The number of hydrogen-bond donors (Lipinski definition) is 1. The van der Waals surface area contributed by atoms with Crippen molar-refractivity contribution in [3.63, 3.8) is 0 Å². The number of aryl methyl sites for hydroxylation is 2. The van der Waals surface area contributed by atoms with Crippen LogP contribution < -0.4 is 5.32 Å². The highest BCUT2D eigenvalue weighted by Gasteiger charge is 2.26. The van der Waals surface area contributed by atoms with E-state index in [1.807, 2.05) is 52.0 Å². The average molecular weight is 423 g/mol. The summed E-state index contributed by atoms with van der Waals surface area (Å²) >= 11 is 0. The zero-order valence-electron chi connectivity index (χ0n) is 19.9. The lowest BCUT2D eigenvalue weighted by Gasteiger charge is -2.30. The van der Waals surface area contributed by atoms with E-state index in [9.17, 15) is 9.59 Å². The molecule has 0 aliphatic heterocycles. The lowest BCUT2D eigenvalue weighted by Crippen LogP contribution is -2.49. The monoisotopic (exact) mass is 422 g/mol. The Morgan fingerprint density at radius 3 is 2.19 bits per heavy atom. The Morgan fingerprint density at radius 2 is 1.61 bits per heavy atom. The van der Waals surface area contributed by atoms with Crippen molar-refractivity contribution in [2.24, 2.45) is 0 Å². The van der Waals surface area contributed by atoms with Gasteiger partial charge in [-0.05, 0) is 61.8 Å². The molecule has 0 fully saturated rings. The van der Waals surface area contributed by atoms with Crippen LogP contribution in [-0.4, -0.2) is 28.8 Å². The van der Waals surface area contributed by atoms with Crippen molar-refractivity contribution in [2.45, 2.75) is 85.4 Å². The molecule has 0 spiro atoms. The van der Waals surface area contributed by atoms with E-state index in [2.05, 4.69) is 43.4 Å². The van der Waals surface area contributed by atoms with E-state index in [1.165, 1.54) is 5.56 Å². The van der Waals surface area contributed by atoms with Crippen LogP contribution >= 0.6 is 0 Å². The molecule has 2 rings (SSSR count). The number of hydrogen-bond acceptors (Lipinski definition) is 2. The fraction of sp³-hybridized carbons (Fsp3) is 0.481. The van der Waals surface area contributed by atoms with Crippen molar-refractivity contribution in [1.29, 1.82) is 0 Å². The predicted molar refractivity (Wildman–Crippen MR) is 128 cm³/mol. The first-order valence-electron chi connectivity index (χ1n) is 11.5. The molecular weight excluding hydrogens is 384 g/mol. The van der Waals surface area contributed by atoms with Gasteiger partial charge in [-0.1, -0.05) is 69.3 Å². The van der Waals surface area contributed by atoms with Crippen LogP contribution in [0.3, 0.4) is 0 Å². The first-order valence-corrected chi connectivity index (χ1v) is 11.5. The standard InChI is InChI=1S/C27H38N2O2/c1-7-21(5)28-27(31)22(6)29(18-25-11-9-8-10-20(25)4)26(30)17-14-23-12-15-24(16-13-23)19(2)3/h8-13,15-16,19,21-22H,7,14,17-18H2,1-6H3,(H,28,31). The van der Waals surface area contributed by atoms with E-state index in [1.54, 1.807) is 4.90 Å². The molecule has 2 unspecified atom stereocenters. The van der Waals surface area contributed by atoms with Gasteiger partial charge >= 0.3 is 0 Å². The number of carbonyl (C=O) groups excluding carboxylic acids is 2. The van der Waals surface area contributed by atoms with E-state index in [-0.39, 0.29) is 17.9 Å². The number of carbonyl (C=O) groups is 2. The van der Waals surface area contributed by atoms with Gasteiger partial charge in [-0.15, -0.1) is 0 Å². The third-order valence-electron chi connectivity index (χ3n) is 6.04. The van der Waals surface area contributed by atoms with E-state index in [0.717, 1.165) is 23.1 Å². The van der Waals surface area contributed by atoms with Crippen LogP contribution in [0.4, 0.5) is 0 Å². The van der Waals surface area contributed by atoms with Gasteiger partial charge in [0.2, 0.25) is 11.8 Å². The van der Waals surface area contributed by atoms with Gasteiger partial charge in [0, 0.05) is 19.0 Å². The van der Waals surface area contributed by atoms with Gasteiger partial charge in [0.15, 0.2) is 0 Å². The zero-order chi connectivity index (χ0) is 23.0. The van der Waals surface area contributed by atoms with Crippen LogP contribution in [0.2, 0.25) is 0 Å². The van der Waals surface area contributed by atoms with Crippen LogP contribution in [0.1, 0.15) is 75.6 Å². The Hall–Kier alpha value is -2.62. The third kappa shape index (κ3) is 7.23. The van der Waals surface area contributed by atoms with E-state index in [4.69, 9.17) is 0 Å². The average Bonchev–Trinajstić information content (AvgIpc) is 2.76. The van der Waals surface area contributed by atoms with Gasteiger partial charge in [0.25, 0.3) is 0 Å². The van der Waals surface area contributed by atoms with Gasteiger partial charge in [-0.2, -0.15) is 0 Å². The Kier molecular flexibility index (Phi) is 9.29. The summed E-state index contributed by atoms with van der Waals surface area (Å²) in [7, 11) is 0. The molecule has 0 aliphatic rings. The SMILES string of the molecule is CCC(C)NC(=O)C(C)N(Cc1ccccc1C)C(=O)CCc1ccc(C(C)C)cc1. The van der Waals surface area contributed by atoms with E-state index < -0.39 is 6.04 Å². The summed E-state index contributed by atoms with van der Waals surface area (Å²) in [5.74, 6) is 0.394. The molecule has 168 valence electrons. The summed E-state index contributed by atoms with van der Waals surface area (Å²) < 4.78 is 0. The molecule has 2 aromatic carbocycles. The minimum Gasteiger partial charge on any atom is -0.352 e. The second kappa shape index (κ2) is 11.7. The van der Waals surface area contributed by atoms with Gasteiger partial charge in [0.1, 0.15) is 6.04 Å². The fourth-order valence-corrected chi connectivity index (χ4v) is 3.48. The normalized spacial score (nSPS) is 13.0. The molecule has 0 heterocycles. The maximum Gasteiger partial charge on any atom is 0.242 e. The molecular formula is C27H38N2O2. The largest absolute Gasteiger partial charge is 0.352 e. The molecule has 4 heteroatoms. The molecule has 0 radical (unpaired) electrons. The summed E-state index contributed by atoms with van der Waals surface area (Å²) in [5, 5.41) is 3.02. The summed E-state index contributed by atoms with van der Waals surface area (Å²) in [6, 6.07) is 16.1. The molecule has 1 N–H and O–H groups in total. The molecule has 2 atom stereocenters. The maximum absolute atomic E-state index is 13.3. The smallest absolute Gasteiger partial charge is 0.242 e. The highest BCUT2D eigenvalue weighted by atomic mass is 16.2. The second-order valence-electron chi connectivity index (χ2n) is 8.84. The summed E-state index contributed by atoms with van der Waals surface area (Å²) in [6.45, 7) is 12.7. The van der Waals surface area contributed by atoms with Crippen molar-refractivity contribution >= 4 is 11.8 Å². The lowest BCUT2D eigenvalue weighted by atomic mass is 10.00. The van der Waals surface area contributed by atoms with Gasteiger partial charge in [0.05, 0.1) is 0 Å². The zero-order valence-corrected chi connectivity index (χ0v) is 19.9. The molecule has 0 saturated heterocycles. The first-order chi connectivity index (χ1) is 14.7. The van der Waals surface area contributed by atoms with Crippen molar-refractivity contribution in [3.8, 4) is 0 Å². The fourth-order valence-electron chi connectivity index (χ4n) is 3.48. The van der Waals surface area contributed by atoms with E-state index >= 15 is 0 Å². The van der Waals surface area contributed by atoms with Crippen LogP contribution in [-0.2, 0) is 22.6 Å². The number of amides is 2. The van der Waals surface area contributed by atoms with Gasteiger partial charge < -0.3 is 10.2 Å². The topological polar surface area (TPSA) is 49.4 Å². The molecule has 31 heavy (non-hydrogen) atoms. The number of benzene rings is 2. The summed E-state index contributed by atoms with van der Waals surface area (Å²) in [4.78, 5) is 27.8. The Balaban J connectivity index is 2.14. The van der Waals surface area contributed by atoms with Gasteiger partial charge in [-0.25, -0.2) is 0 Å². The van der Waals surface area contributed by atoms with Gasteiger partial charge in [-0.3, -0.25) is 9.59 Å². The first kappa shape index (κ1) is 24.6. The van der Waals surface area contributed by atoms with Crippen molar-refractivity contribution < 1.29 is 9.59 Å². The lowest BCUT2D eigenvalue weighted by molar-refractivity contribution is -0.140.